The number of carbonyl (C=O) groups is 2. The Morgan fingerprint density at radius 2 is 1.80 bits per heavy atom. The SMILES string of the molecule is CC(=O)[C@@H]1C[C@H](OS(C)(=O)=O)CN1C(=O)OC(C)(C)C. The van der Waals surface area contributed by atoms with Gasteiger partial charge in [-0.25, -0.2) is 4.79 Å². The maximum atomic E-state index is 12.0. The number of ketones is 1. The van der Waals surface area contributed by atoms with Gasteiger partial charge in [-0.3, -0.25) is 13.9 Å². The fraction of sp³-hybridized carbons (Fsp3) is 0.833. The Bertz CT molecular complexity index is 493. The molecule has 0 spiro atoms. The average molecular weight is 307 g/mol. The first-order valence-corrected chi connectivity index (χ1v) is 8.09. The first kappa shape index (κ1) is 16.9. The molecule has 1 aliphatic rings. The molecule has 0 bridgehead atoms. The van der Waals surface area contributed by atoms with Crippen molar-refractivity contribution >= 4 is 22.0 Å². The summed E-state index contributed by atoms with van der Waals surface area (Å²) in [4.78, 5) is 24.8. The zero-order chi connectivity index (χ0) is 15.7. The van der Waals surface area contributed by atoms with E-state index in [-0.39, 0.29) is 18.7 Å². The van der Waals surface area contributed by atoms with Crippen molar-refractivity contribution < 1.29 is 26.9 Å². The van der Waals surface area contributed by atoms with Gasteiger partial charge in [-0.15, -0.1) is 0 Å². The predicted octanol–water partition coefficient (Wildman–Crippen LogP) is 0.930. The molecule has 0 N–H and O–H groups in total. The summed E-state index contributed by atoms with van der Waals surface area (Å²) in [6.07, 6.45) is -0.267. The zero-order valence-electron chi connectivity index (χ0n) is 12.4. The van der Waals surface area contributed by atoms with E-state index in [0.717, 1.165) is 6.26 Å². The quantitative estimate of drug-likeness (QED) is 0.720. The molecule has 2 atom stereocenters. The molecule has 1 fully saturated rings. The highest BCUT2D eigenvalue weighted by Crippen LogP contribution is 2.24. The Labute approximate surface area is 119 Å². The average Bonchev–Trinajstić information content (AvgIpc) is 2.56. The van der Waals surface area contributed by atoms with E-state index in [2.05, 4.69) is 0 Å². The third kappa shape index (κ3) is 5.09. The molecule has 0 aromatic carbocycles. The number of ether oxygens (including phenoxy) is 1. The standard InChI is InChI=1S/C12H21NO6S/c1-8(14)10-6-9(19-20(5,16)17)7-13(10)11(15)18-12(2,3)4/h9-10H,6-7H2,1-5H3/t9-,10-/m0/s1. The van der Waals surface area contributed by atoms with Crippen LogP contribution < -0.4 is 0 Å². The monoisotopic (exact) mass is 307 g/mol. The third-order valence-corrected chi connectivity index (χ3v) is 3.29. The molecule has 0 aliphatic carbocycles. The van der Waals surface area contributed by atoms with Crippen molar-refractivity contribution in [3.63, 3.8) is 0 Å². The smallest absolute Gasteiger partial charge is 0.410 e. The molecule has 0 saturated carbocycles. The number of hydrogen-bond donors (Lipinski definition) is 0. The van der Waals surface area contributed by atoms with Crippen LogP contribution >= 0.6 is 0 Å². The van der Waals surface area contributed by atoms with Crippen molar-refractivity contribution in [2.45, 2.75) is 51.9 Å². The van der Waals surface area contributed by atoms with Crippen LogP contribution in [0.1, 0.15) is 34.1 Å². The van der Waals surface area contributed by atoms with Crippen LogP contribution in [0.15, 0.2) is 0 Å². The van der Waals surface area contributed by atoms with Gasteiger partial charge < -0.3 is 4.74 Å². The van der Waals surface area contributed by atoms with E-state index in [1.54, 1.807) is 20.8 Å². The lowest BCUT2D eigenvalue weighted by Gasteiger charge is -2.27. The molecule has 7 nitrogen and oxygen atoms in total. The Morgan fingerprint density at radius 3 is 2.20 bits per heavy atom. The molecular weight excluding hydrogens is 286 g/mol. The summed E-state index contributed by atoms with van der Waals surface area (Å²) in [5, 5.41) is 0. The molecule has 0 aromatic heterocycles. The van der Waals surface area contributed by atoms with Gasteiger partial charge in [0.2, 0.25) is 0 Å². The Morgan fingerprint density at radius 1 is 1.25 bits per heavy atom. The van der Waals surface area contributed by atoms with Crippen LogP contribution in [-0.4, -0.2) is 55.7 Å². The summed E-state index contributed by atoms with van der Waals surface area (Å²) in [6, 6.07) is -0.711. The molecule has 1 amide bonds. The van der Waals surface area contributed by atoms with Crippen LogP contribution in [0.3, 0.4) is 0 Å². The van der Waals surface area contributed by atoms with Gasteiger partial charge in [0.1, 0.15) is 5.60 Å². The minimum Gasteiger partial charge on any atom is -0.444 e. The van der Waals surface area contributed by atoms with Crippen molar-refractivity contribution in [3.8, 4) is 0 Å². The second-order valence-electron chi connectivity index (χ2n) is 5.92. The van der Waals surface area contributed by atoms with E-state index in [1.807, 2.05) is 0 Å². The third-order valence-electron chi connectivity index (χ3n) is 2.67. The highest BCUT2D eigenvalue weighted by atomic mass is 32.2. The van der Waals surface area contributed by atoms with Crippen LogP contribution in [0.25, 0.3) is 0 Å². The number of amides is 1. The highest BCUT2D eigenvalue weighted by molar-refractivity contribution is 7.86. The molecule has 20 heavy (non-hydrogen) atoms. The number of carbonyl (C=O) groups excluding carboxylic acids is 2. The van der Waals surface area contributed by atoms with Crippen molar-refractivity contribution in [2.75, 3.05) is 12.8 Å². The van der Waals surface area contributed by atoms with Crippen LogP contribution in [0.5, 0.6) is 0 Å². The first-order valence-electron chi connectivity index (χ1n) is 6.27. The number of nitrogens with zero attached hydrogens (tertiary/aromatic N) is 1. The van der Waals surface area contributed by atoms with Gasteiger partial charge in [0.25, 0.3) is 10.1 Å². The molecule has 116 valence electrons. The van der Waals surface area contributed by atoms with Gasteiger partial charge >= 0.3 is 6.09 Å². The number of Topliss-reactive ketones (excluding diaryl/α,β-unsaturated/α-hetero) is 1. The predicted molar refractivity (Wildman–Crippen MR) is 71.7 cm³/mol. The largest absolute Gasteiger partial charge is 0.444 e. The van der Waals surface area contributed by atoms with Crippen molar-refractivity contribution in [1.82, 2.24) is 4.90 Å². The number of likely N-dealkylation sites (tertiary alicyclic amines) is 1. The molecule has 0 aromatic rings. The topological polar surface area (TPSA) is 90.0 Å². The number of rotatable bonds is 3. The second kappa shape index (κ2) is 5.69. The van der Waals surface area contributed by atoms with Crippen LogP contribution in [0.4, 0.5) is 4.79 Å². The first-order chi connectivity index (χ1) is 8.89. The van der Waals surface area contributed by atoms with Gasteiger partial charge in [-0.2, -0.15) is 8.42 Å². The second-order valence-corrected chi connectivity index (χ2v) is 7.52. The summed E-state index contributed by atoms with van der Waals surface area (Å²) in [6.45, 7) is 6.52. The zero-order valence-corrected chi connectivity index (χ0v) is 13.2. The molecule has 8 heteroatoms. The molecule has 1 aliphatic heterocycles. The van der Waals surface area contributed by atoms with Crippen molar-refractivity contribution in [1.29, 1.82) is 0 Å². The van der Waals surface area contributed by atoms with E-state index in [9.17, 15) is 18.0 Å². The van der Waals surface area contributed by atoms with Crippen molar-refractivity contribution in [2.24, 2.45) is 0 Å². The molecule has 0 radical (unpaired) electrons. The van der Waals surface area contributed by atoms with Gasteiger partial charge in [-0.05, 0) is 27.7 Å². The van der Waals surface area contributed by atoms with E-state index in [4.69, 9.17) is 8.92 Å². The van der Waals surface area contributed by atoms with Crippen molar-refractivity contribution in [3.05, 3.63) is 0 Å². The van der Waals surface area contributed by atoms with Crippen LogP contribution in [-0.2, 0) is 23.8 Å². The summed E-state index contributed by atoms with van der Waals surface area (Å²) < 4.78 is 32.3. The minimum atomic E-state index is -3.63. The van der Waals surface area contributed by atoms with Crippen LogP contribution in [0, 0.1) is 0 Å². The molecular formula is C12H21NO6S. The van der Waals surface area contributed by atoms with Gasteiger partial charge in [0, 0.05) is 6.42 Å². The Balaban J connectivity index is 2.83. The normalized spacial score (nSPS) is 23.8. The van der Waals surface area contributed by atoms with Gasteiger partial charge in [-0.1, -0.05) is 0 Å². The Kier molecular flexibility index (Phi) is 4.81. The summed E-state index contributed by atoms with van der Waals surface area (Å²) in [7, 11) is -3.63. The number of hydrogen-bond acceptors (Lipinski definition) is 6. The van der Waals surface area contributed by atoms with Crippen LogP contribution in [0.2, 0.25) is 0 Å². The molecule has 0 unspecified atom stereocenters. The summed E-state index contributed by atoms with van der Waals surface area (Å²) in [5.74, 6) is -0.226. The van der Waals surface area contributed by atoms with E-state index >= 15 is 0 Å². The van der Waals surface area contributed by atoms with E-state index in [1.165, 1.54) is 11.8 Å². The van der Waals surface area contributed by atoms with Gasteiger partial charge in [0.05, 0.1) is 24.9 Å². The lowest BCUT2D eigenvalue weighted by Crippen LogP contribution is -2.42. The van der Waals surface area contributed by atoms with Gasteiger partial charge in [0.15, 0.2) is 5.78 Å². The summed E-state index contributed by atoms with van der Waals surface area (Å²) >= 11 is 0. The molecule has 1 saturated heterocycles. The summed E-state index contributed by atoms with van der Waals surface area (Å²) in [5.41, 5.74) is -0.686. The Hall–Kier alpha value is -1.15. The molecule has 1 heterocycles. The molecule has 1 rings (SSSR count). The minimum absolute atomic E-state index is 0.0201. The maximum Gasteiger partial charge on any atom is 0.410 e. The highest BCUT2D eigenvalue weighted by Gasteiger charge is 2.41. The lowest BCUT2D eigenvalue weighted by atomic mass is 10.1. The van der Waals surface area contributed by atoms with E-state index < -0.39 is 34.0 Å². The fourth-order valence-corrected chi connectivity index (χ4v) is 2.66. The fourth-order valence-electron chi connectivity index (χ4n) is 2.02. The lowest BCUT2D eigenvalue weighted by molar-refractivity contribution is -0.121. The maximum absolute atomic E-state index is 12.0. The van der Waals surface area contributed by atoms with E-state index in [0.29, 0.717) is 0 Å².